The highest BCUT2D eigenvalue weighted by Gasteiger charge is 2.31. The largest absolute Gasteiger partial charge is 0.314 e. The number of rotatable bonds is 6. The Morgan fingerprint density at radius 3 is 2.67 bits per heavy atom. The fourth-order valence-electron chi connectivity index (χ4n) is 3.85. The first-order valence-corrected chi connectivity index (χ1v) is 8.33. The van der Waals surface area contributed by atoms with Crippen LogP contribution in [0.15, 0.2) is 18.2 Å². The SMILES string of the molecule is CCNC(Cc1cccc(F)c1F)C1CCCCC1CC. The van der Waals surface area contributed by atoms with Gasteiger partial charge >= 0.3 is 0 Å². The van der Waals surface area contributed by atoms with E-state index in [4.69, 9.17) is 0 Å². The van der Waals surface area contributed by atoms with Gasteiger partial charge in [-0.2, -0.15) is 0 Å². The molecular weight excluding hydrogens is 268 g/mol. The molecule has 0 bridgehead atoms. The molecule has 0 radical (unpaired) electrons. The lowest BCUT2D eigenvalue weighted by molar-refractivity contribution is 0.174. The molecule has 1 saturated carbocycles. The van der Waals surface area contributed by atoms with Gasteiger partial charge in [-0.3, -0.25) is 0 Å². The monoisotopic (exact) mass is 295 g/mol. The highest BCUT2D eigenvalue weighted by molar-refractivity contribution is 5.20. The fourth-order valence-corrected chi connectivity index (χ4v) is 3.85. The second kappa shape index (κ2) is 7.88. The van der Waals surface area contributed by atoms with E-state index < -0.39 is 11.6 Å². The van der Waals surface area contributed by atoms with Crippen molar-refractivity contribution in [3.05, 3.63) is 35.4 Å². The average Bonchev–Trinajstić information content (AvgIpc) is 2.51. The van der Waals surface area contributed by atoms with Gasteiger partial charge < -0.3 is 5.32 Å². The van der Waals surface area contributed by atoms with Crippen molar-refractivity contribution in [2.75, 3.05) is 6.54 Å². The zero-order valence-corrected chi connectivity index (χ0v) is 13.2. The number of hydrogen-bond donors (Lipinski definition) is 1. The molecule has 1 nitrogen and oxygen atoms in total. The van der Waals surface area contributed by atoms with Crippen LogP contribution in [0.2, 0.25) is 0 Å². The summed E-state index contributed by atoms with van der Waals surface area (Å²) in [5.41, 5.74) is 0.501. The molecule has 2 rings (SSSR count). The van der Waals surface area contributed by atoms with Gasteiger partial charge in [0.15, 0.2) is 11.6 Å². The van der Waals surface area contributed by atoms with Gasteiger partial charge in [0.05, 0.1) is 0 Å². The van der Waals surface area contributed by atoms with Crippen molar-refractivity contribution in [3.8, 4) is 0 Å². The van der Waals surface area contributed by atoms with E-state index in [1.165, 1.54) is 38.2 Å². The molecule has 0 saturated heterocycles. The van der Waals surface area contributed by atoms with Gasteiger partial charge in [0, 0.05) is 6.04 Å². The summed E-state index contributed by atoms with van der Waals surface area (Å²) in [6, 6.07) is 4.76. The third-order valence-corrected chi connectivity index (χ3v) is 4.95. The summed E-state index contributed by atoms with van der Waals surface area (Å²) in [6.07, 6.45) is 6.80. The molecule has 0 spiro atoms. The van der Waals surface area contributed by atoms with Crippen molar-refractivity contribution >= 4 is 0 Å². The van der Waals surface area contributed by atoms with E-state index in [1.807, 2.05) is 0 Å². The Kier molecular flexibility index (Phi) is 6.16. The molecule has 3 unspecified atom stereocenters. The van der Waals surface area contributed by atoms with Crippen LogP contribution in [0.5, 0.6) is 0 Å². The minimum atomic E-state index is -0.738. The Balaban J connectivity index is 2.16. The molecule has 0 aliphatic heterocycles. The Bertz CT molecular complexity index is 447. The van der Waals surface area contributed by atoms with Crippen molar-refractivity contribution in [3.63, 3.8) is 0 Å². The van der Waals surface area contributed by atoms with Gasteiger partial charge in [-0.1, -0.05) is 51.7 Å². The van der Waals surface area contributed by atoms with Gasteiger partial charge in [0.2, 0.25) is 0 Å². The molecule has 0 aromatic heterocycles. The van der Waals surface area contributed by atoms with Crippen LogP contribution in [-0.2, 0) is 6.42 Å². The van der Waals surface area contributed by atoms with Gasteiger partial charge in [0.25, 0.3) is 0 Å². The standard InChI is InChI=1S/C18H27F2N/c1-3-13-8-5-6-10-15(13)17(21-4-2)12-14-9-7-11-16(19)18(14)20/h7,9,11,13,15,17,21H,3-6,8,10,12H2,1-2H3. The van der Waals surface area contributed by atoms with Crippen LogP contribution < -0.4 is 5.32 Å². The minimum Gasteiger partial charge on any atom is -0.314 e. The van der Waals surface area contributed by atoms with Crippen LogP contribution in [0.25, 0.3) is 0 Å². The summed E-state index contributed by atoms with van der Waals surface area (Å²) >= 11 is 0. The molecule has 3 atom stereocenters. The summed E-state index contributed by atoms with van der Waals surface area (Å²) < 4.78 is 27.4. The lowest BCUT2D eigenvalue weighted by atomic mass is 9.72. The third-order valence-electron chi connectivity index (χ3n) is 4.95. The molecule has 3 heteroatoms. The summed E-state index contributed by atoms with van der Waals surface area (Å²) in [5, 5.41) is 3.52. The summed E-state index contributed by atoms with van der Waals surface area (Å²) in [5.74, 6) is -0.131. The van der Waals surface area contributed by atoms with Gasteiger partial charge in [0.1, 0.15) is 0 Å². The van der Waals surface area contributed by atoms with Crippen LogP contribution in [0.4, 0.5) is 8.78 Å². The van der Waals surface area contributed by atoms with Crippen molar-refractivity contribution in [2.45, 2.75) is 58.4 Å². The molecule has 21 heavy (non-hydrogen) atoms. The van der Waals surface area contributed by atoms with E-state index in [9.17, 15) is 8.78 Å². The van der Waals surface area contributed by atoms with Crippen LogP contribution in [0, 0.1) is 23.5 Å². The van der Waals surface area contributed by atoms with E-state index in [1.54, 1.807) is 12.1 Å². The highest BCUT2D eigenvalue weighted by atomic mass is 19.2. The van der Waals surface area contributed by atoms with Crippen molar-refractivity contribution in [1.82, 2.24) is 5.32 Å². The molecule has 0 amide bonds. The molecule has 1 aromatic carbocycles. The minimum absolute atomic E-state index is 0.247. The molecule has 1 aliphatic rings. The Morgan fingerprint density at radius 1 is 1.19 bits per heavy atom. The van der Waals surface area contributed by atoms with Gasteiger partial charge in [-0.25, -0.2) is 8.78 Å². The molecular formula is C18H27F2N. The second-order valence-electron chi connectivity index (χ2n) is 6.20. The number of hydrogen-bond acceptors (Lipinski definition) is 1. The zero-order chi connectivity index (χ0) is 15.2. The number of likely N-dealkylation sites (N-methyl/N-ethyl adjacent to an activating group) is 1. The second-order valence-corrected chi connectivity index (χ2v) is 6.20. The Hall–Kier alpha value is -0.960. The average molecular weight is 295 g/mol. The predicted molar refractivity (Wildman–Crippen MR) is 83.3 cm³/mol. The molecule has 118 valence electrons. The molecule has 0 heterocycles. The van der Waals surface area contributed by atoms with Crippen molar-refractivity contribution in [1.29, 1.82) is 0 Å². The maximum atomic E-state index is 13.9. The van der Waals surface area contributed by atoms with E-state index in [-0.39, 0.29) is 6.04 Å². The van der Waals surface area contributed by atoms with E-state index in [2.05, 4.69) is 19.2 Å². The lowest BCUT2D eigenvalue weighted by Crippen LogP contribution is -2.42. The van der Waals surface area contributed by atoms with Crippen LogP contribution in [0.3, 0.4) is 0 Å². The maximum absolute atomic E-state index is 13.9. The van der Waals surface area contributed by atoms with Crippen LogP contribution in [0.1, 0.15) is 51.5 Å². The number of nitrogens with one attached hydrogen (secondary N) is 1. The van der Waals surface area contributed by atoms with Crippen molar-refractivity contribution < 1.29 is 8.78 Å². The molecule has 1 N–H and O–H groups in total. The topological polar surface area (TPSA) is 12.0 Å². The van der Waals surface area contributed by atoms with Crippen LogP contribution >= 0.6 is 0 Å². The predicted octanol–water partition coefficient (Wildman–Crippen LogP) is 4.70. The Labute approximate surface area is 127 Å². The maximum Gasteiger partial charge on any atom is 0.162 e. The first kappa shape index (κ1) is 16.4. The summed E-state index contributed by atoms with van der Waals surface area (Å²) in [6.45, 7) is 5.20. The Morgan fingerprint density at radius 2 is 1.95 bits per heavy atom. The number of benzene rings is 1. The molecule has 1 aromatic rings. The van der Waals surface area contributed by atoms with Gasteiger partial charge in [-0.05, 0) is 42.9 Å². The van der Waals surface area contributed by atoms with E-state index >= 15 is 0 Å². The first-order chi connectivity index (χ1) is 10.2. The summed E-state index contributed by atoms with van der Waals surface area (Å²) in [7, 11) is 0. The smallest absolute Gasteiger partial charge is 0.162 e. The fraction of sp³-hybridized carbons (Fsp3) is 0.667. The normalized spacial score (nSPS) is 24.0. The lowest BCUT2D eigenvalue weighted by Gasteiger charge is -2.37. The first-order valence-electron chi connectivity index (χ1n) is 8.33. The number of halogens is 2. The molecule has 1 fully saturated rings. The zero-order valence-electron chi connectivity index (χ0n) is 13.2. The van der Waals surface area contributed by atoms with Crippen LogP contribution in [-0.4, -0.2) is 12.6 Å². The van der Waals surface area contributed by atoms with E-state index in [0.717, 1.165) is 6.54 Å². The highest BCUT2D eigenvalue weighted by Crippen LogP contribution is 2.35. The van der Waals surface area contributed by atoms with Crippen molar-refractivity contribution in [2.24, 2.45) is 11.8 Å². The van der Waals surface area contributed by atoms with E-state index in [0.29, 0.717) is 23.8 Å². The quantitative estimate of drug-likeness (QED) is 0.802. The van der Waals surface area contributed by atoms with Gasteiger partial charge in [-0.15, -0.1) is 0 Å². The third kappa shape index (κ3) is 4.03. The summed E-state index contributed by atoms with van der Waals surface area (Å²) in [4.78, 5) is 0. The molecule has 1 aliphatic carbocycles.